The van der Waals surface area contributed by atoms with Crippen molar-refractivity contribution < 1.29 is 0 Å². The molecule has 90 valence electrons. The van der Waals surface area contributed by atoms with E-state index in [1.54, 1.807) is 0 Å². The quantitative estimate of drug-likeness (QED) is 0.902. The van der Waals surface area contributed by atoms with Gasteiger partial charge in [0.2, 0.25) is 0 Å². The minimum absolute atomic E-state index is 0.152. The molecule has 3 nitrogen and oxygen atoms in total. The van der Waals surface area contributed by atoms with Crippen LogP contribution in [-0.4, -0.2) is 16.1 Å². The van der Waals surface area contributed by atoms with Gasteiger partial charge >= 0.3 is 0 Å². The van der Waals surface area contributed by atoms with Crippen LogP contribution in [0.4, 0.5) is 0 Å². The molecular formula is C13H17N3S. The zero-order chi connectivity index (χ0) is 12.3. The molecule has 0 amide bonds. The number of benzene rings is 1. The minimum atomic E-state index is 0.152. The molecule has 0 radical (unpaired) electrons. The summed E-state index contributed by atoms with van der Waals surface area (Å²) in [4.78, 5) is 0. The highest BCUT2D eigenvalue weighted by Gasteiger charge is 2.17. The van der Waals surface area contributed by atoms with E-state index in [1.807, 2.05) is 5.38 Å². The van der Waals surface area contributed by atoms with Crippen LogP contribution in [0.25, 0.3) is 0 Å². The van der Waals surface area contributed by atoms with Crippen LogP contribution in [0.15, 0.2) is 23.6 Å². The summed E-state index contributed by atoms with van der Waals surface area (Å²) in [5.41, 5.74) is 4.87. The van der Waals surface area contributed by atoms with E-state index in [-0.39, 0.29) is 6.04 Å². The van der Waals surface area contributed by atoms with E-state index in [0.29, 0.717) is 0 Å². The van der Waals surface area contributed by atoms with Crippen LogP contribution in [-0.2, 0) is 0 Å². The molecule has 0 saturated carbocycles. The Morgan fingerprint density at radius 1 is 1.35 bits per heavy atom. The van der Waals surface area contributed by atoms with Crippen LogP contribution in [0.2, 0.25) is 0 Å². The smallest absolute Gasteiger partial charge is 0.0970 e. The van der Waals surface area contributed by atoms with Gasteiger partial charge in [0.25, 0.3) is 0 Å². The molecule has 17 heavy (non-hydrogen) atoms. The molecule has 0 saturated heterocycles. The maximum Gasteiger partial charge on any atom is 0.0970 e. The third-order valence-corrected chi connectivity index (χ3v) is 3.34. The zero-order valence-electron chi connectivity index (χ0n) is 10.4. The summed E-state index contributed by atoms with van der Waals surface area (Å²) in [5, 5.41) is 9.65. The zero-order valence-corrected chi connectivity index (χ0v) is 11.2. The molecule has 0 bridgehead atoms. The molecule has 2 rings (SSSR count). The summed E-state index contributed by atoms with van der Waals surface area (Å²) in [6, 6.07) is 6.68. The molecular weight excluding hydrogens is 230 g/mol. The summed E-state index contributed by atoms with van der Waals surface area (Å²) < 4.78 is 3.95. The third-order valence-electron chi connectivity index (χ3n) is 2.82. The summed E-state index contributed by atoms with van der Waals surface area (Å²) in [5.74, 6) is 0. The highest BCUT2D eigenvalue weighted by Crippen LogP contribution is 2.24. The van der Waals surface area contributed by atoms with Crippen LogP contribution in [0.1, 0.15) is 35.3 Å². The van der Waals surface area contributed by atoms with E-state index in [2.05, 4.69) is 53.9 Å². The average Bonchev–Trinajstić information content (AvgIpc) is 2.80. The molecule has 0 aliphatic rings. The SMILES string of the molecule is CCNC(c1csnn1)c1ccc(C)cc1C. The molecule has 4 heteroatoms. The standard InChI is InChI=1S/C13H17N3S/c1-4-14-13(12-8-17-16-15-12)11-6-5-9(2)7-10(11)3/h5-8,13-14H,4H2,1-3H3. The molecule has 1 aromatic carbocycles. The number of aromatic nitrogens is 2. The van der Waals surface area contributed by atoms with Crippen molar-refractivity contribution in [3.63, 3.8) is 0 Å². The van der Waals surface area contributed by atoms with Crippen molar-refractivity contribution in [1.29, 1.82) is 0 Å². The fourth-order valence-electron chi connectivity index (χ4n) is 2.03. The van der Waals surface area contributed by atoms with Crippen LogP contribution in [0.5, 0.6) is 0 Å². The van der Waals surface area contributed by atoms with Gasteiger partial charge in [-0.2, -0.15) is 0 Å². The van der Waals surface area contributed by atoms with Gasteiger partial charge in [0.1, 0.15) is 0 Å². The predicted octanol–water partition coefficient (Wildman–Crippen LogP) is 2.85. The first kappa shape index (κ1) is 12.2. The summed E-state index contributed by atoms with van der Waals surface area (Å²) >= 11 is 1.40. The van der Waals surface area contributed by atoms with E-state index >= 15 is 0 Å². The van der Waals surface area contributed by atoms with E-state index < -0.39 is 0 Å². The first-order chi connectivity index (χ1) is 8.22. The van der Waals surface area contributed by atoms with Crippen molar-refractivity contribution in [3.8, 4) is 0 Å². The molecule has 0 spiro atoms. The van der Waals surface area contributed by atoms with Crippen molar-refractivity contribution in [3.05, 3.63) is 46.0 Å². The molecule has 2 aromatic rings. The number of aryl methyl sites for hydroxylation is 2. The van der Waals surface area contributed by atoms with Crippen molar-refractivity contribution >= 4 is 11.5 Å². The Morgan fingerprint density at radius 2 is 2.18 bits per heavy atom. The maximum absolute atomic E-state index is 4.18. The molecule has 0 aliphatic carbocycles. The minimum Gasteiger partial charge on any atom is -0.305 e. The molecule has 1 aromatic heterocycles. The lowest BCUT2D eigenvalue weighted by molar-refractivity contribution is 0.611. The fourth-order valence-corrected chi connectivity index (χ4v) is 2.50. The van der Waals surface area contributed by atoms with Gasteiger partial charge in [0.05, 0.1) is 11.7 Å². The second-order valence-electron chi connectivity index (χ2n) is 4.18. The average molecular weight is 247 g/mol. The lowest BCUT2D eigenvalue weighted by Gasteiger charge is -2.18. The topological polar surface area (TPSA) is 37.8 Å². The number of hydrogen-bond donors (Lipinski definition) is 1. The Bertz CT molecular complexity index is 479. The van der Waals surface area contributed by atoms with Gasteiger partial charge in [-0.05, 0) is 43.1 Å². The lowest BCUT2D eigenvalue weighted by Crippen LogP contribution is -2.23. The Labute approximate surface area is 106 Å². The van der Waals surface area contributed by atoms with Crippen molar-refractivity contribution in [2.24, 2.45) is 0 Å². The van der Waals surface area contributed by atoms with E-state index in [1.165, 1.54) is 28.2 Å². The van der Waals surface area contributed by atoms with Gasteiger partial charge in [0.15, 0.2) is 0 Å². The highest BCUT2D eigenvalue weighted by molar-refractivity contribution is 7.03. The Morgan fingerprint density at radius 3 is 2.76 bits per heavy atom. The predicted molar refractivity (Wildman–Crippen MR) is 71.3 cm³/mol. The normalized spacial score (nSPS) is 12.6. The largest absolute Gasteiger partial charge is 0.305 e. The maximum atomic E-state index is 4.18. The Hall–Kier alpha value is -1.26. The van der Waals surface area contributed by atoms with Crippen LogP contribution >= 0.6 is 11.5 Å². The highest BCUT2D eigenvalue weighted by atomic mass is 32.1. The first-order valence-corrected chi connectivity index (χ1v) is 6.63. The number of hydrogen-bond acceptors (Lipinski definition) is 4. The van der Waals surface area contributed by atoms with E-state index in [9.17, 15) is 0 Å². The number of nitrogens with one attached hydrogen (secondary N) is 1. The van der Waals surface area contributed by atoms with Gasteiger partial charge in [-0.25, -0.2) is 0 Å². The number of nitrogens with zero attached hydrogens (tertiary/aromatic N) is 2. The van der Waals surface area contributed by atoms with Crippen molar-refractivity contribution in [1.82, 2.24) is 14.9 Å². The molecule has 1 N–H and O–H groups in total. The van der Waals surface area contributed by atoms with E-state index in [0.717, 1.165) is 12.2 Å². The van der Waals surface area contributed by atoms with Crippen LogP contribution in [0, 0.1) is 13.8 Å². The lowest BCUT2D eigenvalue weighted by atomic mass is 9.97. The molecule has 0 fully saturated rings. The van der Waals surface area contributed by atoms with Crippen LogP contribution < -0.4 is 5.32 Å². The van der Waals surface area contributed by atoms with Crippen LogP contribution in [0.3, 0.4) is 0 Å². The Balaban J connectivity index is 2.39. The van der Waals surface area contributed by atoms with Gasteiger partial charge < -0.3 is 5.32 Å². The molecule has 1 heterocycles. The van der Waals surface area contributed by atoms with Gasteiger partial charge in [-0.15, -0.1) is 5.10 Å². The third kappa shape index (κ3) is 2.70. The van der Waals surface area contributed by atoms with Gasteiger partial charge in [-0.1, -0.05) is 35.2 Å². The second kappa shape index (κ2) is 5.38. The summed E-state index contributed by atoms with van der Waals surface area (Å²) in [6.07, 6.45) is 0. The van der Waals surface area contributed by atoms with Crippen molar-refractivity contribution in [2.45, 2.75) is 26.8 Å². The fraction of sp³-hybridized carbons (Fsp3) is 0.385. The molecule has 1 unspecified atom stereocenters. The summed E-state index contributed by atoms with van der Waals surface area (Å²) in [6.45, 7) is 7.28. The summed E-state index contributed by atoms with van der Waals surface area (Å²) in [7, 11) is 0. The monoisotopic (exact) mass is 247 g/mol. The van der Waals surface area contributed by atoms with Crippen molar-refractivity contribution in [2.75, 3.05) is 6.54 Å². The van der Waals surface area contributed by atoms with Gasteiger partial charge in [0, 0.05) is 5.38 Å². The van der Waals surface area contributed by atoms with Gasteiger partial charge in [-0.3, -0.25) is 0 Å². The first-order valence-electron chi connectivity index (χ1n) is 5.80. The number of rotatable bonds is 4. The molecule has 0 aliphatic heterocycles. The van der Waals surface area contributed by atoms with E-state index in [4.69, 9.17) is 0 Å². The molecule has 1 atom stereocenters. The second-order valence-corrected chi connectivity index (χ2v) is 4.79. The Kier molecular flexibility index (Phi) is 3.86.